The molecule has 66 heavy (non-hydrogen) atoms. The van der Waals surface area contributed by atoms with Crippen molar-refractivity contribution in [1.82, 2.24) is 16.0 Å². The van der Waals surface area contributed by atoms with Crippen LogP contribution >= 0.6 is 0 Å². The standard InChI is InChI=1S/C51H73N9O6/c1-33(2)44(49(65)56-40(19-14-15-29-52)48(64)55-37-23-21-35(5)22-24-37)57-42(61)25-27-51(8,9)66-31-28-50(6,7)58-45-38-17-11-10-16-36(38)32-60(43(62)26-30-54-47(63)34(3)4)41-20-13-12-18-39(41)46(45)59-53/h10-13,16-18,20-24,33-34,40,44H,14-15,19,25-32,52-53H2,1-9H3,(H,54,63)(H,55,64)(H,56,65)(H,57,61)/t40-,44?/m0/s1. The second-order valence-electron chi connectivity index (χ2n) is 18.9. The number of fused-ring (bicyclic) bond motifs is 2. The number of aryl methyl sites for hydroxylation is 1. The number of nitrogens with two attached hydrogens (primary N) is 2. The number of carbonyl (C=O) groups excluding carboxylic acids is 5. The van der Waals surface area contributed by atoms with Crippen LogP contribution in [0.4, 0.5) is 11.4 Å². The molecule has 3 aromatic rings. The van der Waals surface area contributed by atoms with Crippen LogP contribution in [-0.4, -0.2) is 83.9 Å². The van der Waals surface area contributed by atoms with E-state index in [0.29, 0.717) is 73.6 Å². The maximum absolute atomic E-state index is 13.8. The molecule has 0 aromatic heterocycles. The highest BCUT2D eigenvalue weighted by Gasteiger charge is 2.33. The van der Waals surface area contributed by atoms with Gasteiger partial charge in [0, 0.05) is 48.7 Å². The van der Waals surface area contributed by atoms with Gasteiger partial charge in [0.2, 0.25) is 29.5 Å². The molecule has 0 saturated carbocycles. The number of amides is 5. The zero-order valence-electron chi connectivity index (χ0n) is 40.5. The van der Waals surface area contributed by atoms with Crippen LogP contribution < -0.4 is 37.7 Å². The number of hydrazone groups is 1. The Morgan fingerprint density at radius 1 is 0.788 bits per heavy atom. The summed E-state index contributed by atoms with van der Waals surface area (Å²) in [4.78, 5) is 73.4. The highest BCUT2D eigenvalue weighted by molar-refractivity contribution is 6.55. The van der Waals surface area contributed by atoms with Gasteiger partial charge in [-0.2, -0.15) is 5.10 Å². The molecule has 15 nitrogen and oxygen atoms in total. The number of ether oxygens (including phenoxy) is 1. The van der Waals surface area contributed by atoms with E-state index in [-0.39, 0.29) is 61.4 Å². The van der Waals surface area contributed by atoms with Gasteiger partial charge in [0.15, 0.2) is 0 Å². The number of hydrogen-bond acceptors (Lipinski definition) is 10. The lowest BCUT2D eigenvalue weighted by atomic mass is 9.90. The quantitative estimate of drug-likeness (QED) is 0.0381. The zero-order valence-corrected chi connectivity index (χ0v) is 40.5. The molecule has 1 aliphatic heterocycles. The van der Waals surface area contributed by atoms with E-state index >= 15 is 0 Å². The monoisotopic (exact) mass is 908 g/mol. The summed E-state index contributed by atoms with van der Waals surface area (Å²) in [5.74, 6) is 4.43. The number of carbonyl (C=O) groups is 5. The molecule has 0 radical (unpaired) electrons. The minimum atomic E-state index is -0.856. The Bertz CT molecular complexity index is 2200. The van der Waals surface area contributed by atoms with E-state index in [1.807, 2.05) is 135 Å². The number of benzene rings is 3. The highest BCUT2D eigenvalue weighted by atomic mass is 16.5. The molecular formula is C51H73N9O6. The average Bonchev–Trinajstić information content (AvgIpc) is 3.26. The van der Waals surface area contributed by atoms with Gasteiger partial charge in [-0.05, 0) is 103 Å². The van der Waals surface area contributed by atoms with Gasteiger partial charge in [0.25, 0.3) is 0 Å². The Balaban J connectivity index is 1.41. The van der Waals surface area contributed by atoms with Gasteiger partial charge in [-0.1, -0.05) is 87.9 Å². The van der Waals surface area contributed by atoms with Gasteiger partial charge in [0.1, 0.15) is 17.8 Å². The lowest BCUT2D eigenvalue weighted by Gasteiger charge is -2.31. The van der Waals surface area contributed by atoms with E-state index in [1.54, 1.807) is 4.90 Å². The molecule has 1 unspecified atom stereocenters. The number of rotatable bonds is 22. The molecule has 1 aliphatic rings. The lowest BCUT2D eigenvalue weighted by molar-refractivity contribution is -0.132. The van der Waals surface area contributed by atoms with Gasteiger partial charge in [-0.3, -0.25) is 29.0 Å². The van der Waals surface area contributed by atoms with Crippen LogP contribution in [0, 0.1) is 18.8 Å². The van der Waals surface area contributed by atoms with Crippen LogP contribution in [0.15, 0.2) is 82.9 Å². The Kier molecular flexibility index (Phi) is 19.6. The fraction of sp³-hybridized carbons (Fsp3) is 0.510. The van der Waals surface area contributed by atoms with E-state index in [1.165, 1.54) is 0 Å². The predicted molar refractivity (Wildman–Crippen MR) is 263 cm³/mol. The van der Waals surface area contributed by atoms with Crippen LogP contribution in [0.5, 0.6) is 0 Å². The molecule has 358 valence electrons. The number of hydrogen-bond donors (Lipinski definition) is 6. The normalized spacial score (nSPS) is 15.1. The number of nitrogens with zero attached hydrogens (tertiary/aromatic N) is 3. The molecule has 15 heteroatoms. The SMILES string of the molecule is Cc1ccc(NC(=O)[C@H](CCCCN)NC(=O)C(NC(=O)CCC(C)(C)OCCC(C)(C)N=C2C(=NN)c3ccccc3N(C(=O)CCNC(=O)C(C)C)Cc3ccccc32)C(C)C)cc1. The molecule has 0 bridgehead atoms. The van der Waals surface area contributed by atoms with E-state index in [9.17, 15) is 24.0 Å². The fourth-order valence-electron chi connectivity index (χ4n) is 7.50. The van der Waals surface area contributed by atoms with Crippen LogP contribution in [0.25, 0.3) is 0 Å². The molecular weight excluding hydrogens is 835 g/mol. The maximum atomic E-state index is 13.8. The van der Waals surface area contributed by atoms with Crippen LogP contribution in [0.1, 0.15) is 123 Å². The number of nitrogens with one attached hydrogen (secondary N) is 4. The molecule has 4 rings (SSSR count). The first kappa shape index (κ1) is 52.7. The maximum Gasteiger partial charge on any atom is 0.246 e. The van der Waals surface area contributed by atoms with Crippen molar-refractivity contribution < 1.29 is 28.7 Å². The van der Waals surface area contributed by atoms with Crippen molar-refractivity contribution >= 4 is 52.3 Å². The number of unbranched alkanes of at least 4 members (excludes halogenated alkanes) is 1. The third-order valence-corrected chi connectivity index (χ3v) is 11.6. The molecule has 3 aromatic carbocycles. The van der Waals surface area contributed by atoms with E-state index in [2.05, 4.69) is 26.4 Å². The van der Waals surface area contributed by atoms with Crippen molar-refractivity contribution in [3.8, 4) is 0 Å². The summed E-state index contributed by atoms with van der Waals surface area (Å²) in [5, 5.41) is 15.8. The smallest absolute Gasteiger partial charge is 0.246 e. The first-order valence-corrected chi connectivity index (χ1v) is 23.2. The van der Waals surface area contributed by atoms with E-state index in [4.69, 9.17) is 21.3 Å². The van der Waals surface area contributed by atoms with Gasteiger partial charge >= 0.3 is 0 Å². The van der Waals surface area contributed by atoms with Gasteiger partial charge in [0.05, 0.1) is 29.1 Å². The highest BCUT2D eigenvalue weighted by Crippen LogP contribution is 2.31. The zero-order chi connectivity index (χ0) is 48.6. The lowest BCUT2D eigenvalue weighted by Crippen LogP contribution is -2.54. The molecule has 0 spiro atoms. The minimum absolute atomic E-state index is 0.111. The van der Waals surface area contributed by atoms with Gasteiger partial charge in [-0.25, -0.2) is 0 Å². The summed E-state index contributed by atoms with van der Waals surface area (Å²) < 4.78 is 6.40. The second-order valence-corrected chi connectivity index (χ2v) is 18.9. The Morgan fingerprint density at radius 2 is 1.45 bits per heavy atom. The molecule has 2 atom stereocenters. The minimum Gasteiger partial charge on any atom is -0.375 e. The summed E-state index contributed by atoms with van der Waals surface area (Å²) >= 11 is 0. The van der Waals surface area contributed by atoms with Crippen LogP contribution in [-0.2, 0) is 35.3 Å². The fourth-order valence-corrected chi connectivity index (χ4v) is 7.50. The summed E-state index contributed by atoms with van der Waals surface area (Å²) in [6, 6.07) is 21.0. The van der Waals surface area contributed by atoms with Gasteiger partial charge in [-0.15, -0.1) is 0 Å². The van der Waals surface area contributed by atoms with Crippen molar-refractivity contribution in [1.29, 1.82) is 0 Å². The first-order valence-electron chi connectivity index (χ1n) is 23.2. The van der Waals surface area contributed by atoms with E-state index < -0.39 is 29.1 Å². The Labute approximate surface area is 391 Å². The summed E-state index contributed by atoms with van der Waals surface area (Å²) in [6.07, 6.45) is 2.89. The largest absolute Gasteiger partial charge is 0.375 e. The molecule has 8 N–H and O–H groups in total. The molecule has 5 amide bonds. The van der Waals surface area contributed by atoms with Crippen molar-refractivity contribution in [2.24, 2.45) is 33.5 Å². The first-order chi connectivity index (χ1) is 31.3. The third-order valence-electron chi connectivity index (χ3n) is 11.6. The average molecular weight is 908 g/mol. The van der Waals surface area contributed by atoms with Crippen molar-refractivity contribution in [3.05, 3.63) is 95.1 Å². The number of aliphatic imine (C=N–C) groups is 1. The summed E-state index contributed by atoms with van der Waals surface area (Å²) in [6.45, 7) is 18.5. The molecule has 1 heterocycles. The number of anilines is 2. The van der Waals surface area contributed by atoms with Crippen LogP contribution in [0.3, 0.4) is 0 Å². The summed E-state index contributed by atoms with van der Waals surface area (Å²) in [5.41, 5.74) is 10.0. The number of para-hydroxylation sites is 1. The Morgan fingerprint density at radius 3 is 2.11 bits per heavy atom. The third kappa shape index (κ3) is 15.6. The topological polar surface area (TPSA) is 223 Å². The van der Waals surface area contributed by atoms with Crippen molar-refractivity contribution in [3.63, 3.8) is 0 Å². The molecule has 0 fully saturated rings. The van der Waals surface area contributed by atoms with Gasteiger partial charge < -0.3 is 42.5 Å². The molecule has 0 saturated heterocycles. The Hall–Kier alpha value is -5.93. The van der Waals surface area contributed by atoms with Crippen LogP contribution in [0.2, 0.25) is 0 Å². The van der Waals surface area contributed by atoms with Crippen molar-refractivity contribution in [2.45, 2.75) is 137 Å². The second kappa shape index (κ2) is 24.6. The predicted octanol–water partition coefficient (Wildman–Crippen LogP) is 6.29. The van der Waals surface area contributed by atoms with E-state index in [0.717, 1.165) is 16.7 Å². The van der Waals surface area contributed by atoms with Crippen molar-refractivity contribution in [2.75, 3.05) is 29.9 Å². The summed E-state index contributed by atoms with van der Waals surface area (Å²) in [7, 11) is 0. The molecule has 0 aliphatic carbocycles.